The molecular formula is C9H11N3. The van der Waals surface area contributed by atoms with Crippen LogP contribution in [0.1, 0.15) is 13.8 Å². The van der Waals surface area contributed by atoms with Gasteiger partial charge in [-0.05, 0) is 19.8 Å². The van der Waals surface area contributed by atoms with Crippen LogP contribution in [0.15, 0.2) is 21.5 Å². The summed E-state index contributed by atoms with van der Waals surface area (Å²) in [5.41, 5.74) is 0.656. The van der Waals surface area contributed by atoms with Crippen LogP contribution in [0.2, 0.25) is 0 Å². The molecule has 1 unspecified atom stereocenters. The molecule has 12 heavy (non-hydrogen) atoms. The molecule has 1 heterocycles. The average Bonchev–Trinajstić information content (AvgIpc) is 2.08. The molecule has 62 valence electrons. The standard InChI is InChI=1S/C9H11N3/c1-4-8-9(10-5-2)11-6-7(3)12-8/h1,5-7,12H,2-3H3/b10-5-. The Morgan fingerprint density at radius 2 is 2.58 bits per heavy atom. The molecule has 3 nitrogen and oxygen atoms in total. The van der Waals surface area contributed by atoms with Gasteiger partial charge in [-0.2, -0.15) is 0 Å². The van der Waals surface area contributed by atoms with Gasteiger partial charge in [0.15, 0.2) is 5.82 Å². The summed E-state index contributed by atoms with van der Waals surface area (Å²) in [6, 6.07) is 0.187. The van der Waals surface area contributed by atoms with E-state index in [1.165, 1.54) is 0 Å². The molecule has 1 rings (SSSR count). The molecule has 1 N–H and O–H groups in total. The Morgan fingerprint density at radius 1 is 1.83 bits per heavy atom. The normalized spacial score (nSPS) is 22.6. The lowest BCUT2D eigenvalue weighted by Crippen LogP contribution is -2.29. The predicted molar refractivity (Wildman–Crippen MR) is 51.1 cm³/mol. The second-order valence-corrected chi connectivity index (χ2v) is 2.44. The lowest BCUT2D eigenvalue weighted by molar-refractivity contribution is 0.763. The first-order valence-electron chi connectivity index (χ1n) is 3.78. The summed E-state index contributed by atoms with van der Waals surface area (Å²) in [5, 5.41) is 3.08. The second kappa shape index (κ2) is 3.72. The van der Waals surface area contributed by atoms with Gasteiger partial charge in [-0.25, -0.2) is 9.98 Å². The van der Waals surface area contributed by atoms with Gasteiger partial charge in [-0.3, -0.25) is 0 Å². The van der Waals surface area contributed by atoms with Gasteiger partial charge in [0.25, 0.3) is 0 Å². The number of aliphatic imine (C=N–C) groups is 2. The van der Waals surface area contributed by atoms with E-state index < -0.39 is 0 Å². The highest BCUT2D eigenvalue weighted by Crippen LogP contribution is 2.08. The summed E-state index contributed by atoms with van der Waals surface area (Å²) in [6.45, 7) is 3.81. The molecule has 0 aromatic heterocycles. The summed E-state index contributed by atoms with van der Waals surface area (Å²) in [6.07, 6.45) is 8.72. The molecule has 0 amide bonds. The second-order valence-electron chi connectivity index (χ2n) is 2.44. The average molecular weight is 161 g/mol. The van der Waals surface area contributed by atoms with Crippen molar-refractivity contribution in [1.29, 1.82) is 0 Å². The summed E-state index contributed by atoms with van der Waals surface area (Å²) in [7, 11) is 0. The SMILES string of the molecule is C#CC1=C(/N=C\C)N=CC(C)N1. The summed E-state index contributed by atoms with van der Waals surface area (Å²) in [4.78, 5) is 8.13. The monoisotopic (exact) mass is 161 g/mol. The minimum absolute atomic E-state index is 0.187. The highest BCUT2D eigenvalue weighted by atomic mass is 15.1. The van der Waals surface area contributed by atoms with Gasteiger partial charge in [-0.1, -0.05) is 0 Å². The van der Waals surface area contributed by atoms with Crippen molar-refractivity contribution in [3.63, 3.8) is 0 Å². The zero-order valence-electron chi connectivity index (χ0n) is 7.20. The van der Waals surface area contributed by atoms with E-state index in [0.29, 0.717) is 11.5 Å². The molecule has 0 saturated heterocycles. The third-order valence-electron chi connectivity index (χ3n) is 1.41. The molecule has 0 aliphatic carbocycles. The molecule has 3 heteroatoms. The molecule has 1 aliphatic rings. The third-order valence-corrected chi connectivity index (χ3v) is 1.41. The molecule has 0 spiro atoms. The summed E-state index contributed by atoms with van der Waals surface area (Å²) < 4.78 is 0. The van der Waals surface area contributed by atoms with Crippen LogP contribution in [0.5, 0.6) is 0 Å². The number of hydrogen-bond donors (Lipinski definition) is 1. The molecule has 1 aliphatic heterocycles. The number of hydrogen-bond acceptors (Lipinski definition) is 3. The molecule has 0 fully saturated rings. The van der Waals surface area contributed by atoms with Crippen molar-refractivity contribution in [1.82, 2.24) is 5.32 Å². The van der Waals surface area contributed by atoms with Crippen LogP contribution in [0.4, 0.5) is 0 Å². The maximum atomic E-state index is 5.27. The fourth-order valence-corrected chi connectivity index (χ4v) is 0.903. The molecule has 1 atom stereocenters. The summed E-state index contributed by atoms with van der Waals surface area (Å²) in [5.74, 6) is 3.09. The van der Waals surface area contributed by atoms with Gasteiger partial charge < -0.3 is 5.32 Å². The molecule has 0 aromatic rings. The van der Waals surface area contributed by atoms with Crippen LogP contribution < -0.4 is 5.32 Å². The van der Waals surface area contributed by atoms with Crippen LogP contribution in [-0.4, -0.2) is 18.5 Å². The summed E-state index contributed by atoms with van der Waals surface area (Å²) >= 11 is 0. The largest absolute Gasteiger partial charge is 0.368 e. The molecular weight excluding hydrogens is 150 g/mol. The number of nitrogens with one attached hydrogen (secondary N) is 1. The number of terminal acetylenes is 1. The zero-order valence-corrected chi connectivity index (χ0v) is 7.20. The maximum Gasteiger partial charge on any atom is 0.183 e. The third kappa shape index (κ3) is 1.73. The number of rotatable bonds is 1. The lowest BCUT2D eigenvalue weighted by Gasteiger charge is -2.15. The Balaban J connectivity index is 2.95. The number of nitrogens with zero attached hydrogens (tertiary/aromatic N) is 2. The van der Waals surface area contributed by atoms with E-state index in [1.54, 1.807) is 12.4 Å². The lowest BCUT2D eigenvalue weighted by atomic mass is 10.3. The number of allylic oxidation sites excluding steroid dienone is 1. The smallest absolute Gasteiger partial charge is 0.183 e. The minimum Gasteiger partial charge on any atom is -0.368 e. The van der Waals surface area contributed by atoms with Crippen molar-refractivity contribution in [3.05, 3.63) is 11.5 Å². The Hall–Kier alpha value is -1.56. The van der Waals surface area contributed by atoms with E-state index in [0.717, 1.165) is 0 Å². The topological polar surface area (TPSA) is 36.8 Å². The fourth-order valence-electron chi connectivity index (χ4n) is 0.903. The zero-order chi connectivity index (χ0) is 8.97. The Kier molecular flexibility index (Phi) is 2.65. The Morgan fingerprint density at radius 3 is 3.17 bits per heavy atom. The van der Waals surface area contributed by atoms with E-state index in [9.17, 15) is 0 Å². The van der Waals surface area contributed by atoms with Gasteiger partial charge in [0, 0.05) is 12.4 Å². The van der Waals surface area contributed by atoms with E-state index >= 15 is 0 Å². The van der Waals surface area contributed by atoms with E-state index in [-0.39, 0.29) is 6.04 Å². The van der Waals surface area contributed by atoms with Crippen molar-refractivity contribution in [2.75, 3.05) is 0 Å². The van der Waals surface area contributed by atoms with Gasteiger partial charge in [-0.15, -0.1) is 6.42 Å². The van der Waals surface area contributed by atoms with E-state index in [1.807, 2.05) is 13.8 Å². The van der Waals surface area contributed by atoms with Crippen LogP contribution in [0.3, 0.4) is 0 Å². The van der Waals surface area contributed by atoms with Crippen molar-refractivity contribution >= 4 is 12.4 Å². The van der Waals surface area contributed by atoms with Crippen LogP contribution in [0, 0.1) is 12.3 Å². The van der Waals surface area contributed by atoms with E-state index in [2.05, 4.69) is 21.2 Å². The van der Waals surface area contributed by atoms with Gasteiger partial charge in [0.2, 0.25) is 0 Å². The first-order valence-corrected chi connectivity index (χ1v) is 3.78. The van der Waals surface area contributed by atoms with Gasteiger partial charge >= 0.3 is 0 Å². The van der Waals surface area contributed by atoms with Gasteiger partial charge in [0.1, 0.15) is 5.70 Å². The minimum atomic E-state index is 0.187. The first kappa shape index (κ1) is 8.54. The van der Waals surface area contributed by atoms with Crippen molar-refractivity contribution < 1.29 is 0 Å². The van der Waals surface area contributed by atoms with Crippen molar-refractivity contribution in [2.24, 2.45) is 9.98 Å². The van der Waals surface area contributed by atoms with Crippen LogP contribution in [-0.2, 0) is 0 Å². The highest BCUT2D eigenvalue weighted by molar-refractivity contribution is 5.69. The maximum absolute atomic E-state index is 5.27. The predicted octanol–water partition coefficient (Wildman–Crippen LogP) is 0.942. The van der Waals surface area contributed by atoms with Crippen LogP contribution in [0.25, 0.3) is 0 Å². The van der Waals surface area contributed by atoms with E-state index in [4.69, 9.17) is 6.42 Å². The molecule has 0 radical (unpaired) electrons. The highest BCUT2D eigenvalue weighted by Gasteiger charge is 2.09. The molecule has 0 aromatic carbocycles. The Labute approximate surface area is 72.3 Å². The first-order chi connectivity index (χ1) is 5.77. The fraction of sp³-hybridized carbons (Fsp3) is 0.333. The van der Waals surface area contributed by atoms with Crippen molar-refractivity contribution in [2.45, 2.75) is 19.9 Å². The van der Waals surface area contributed by atoms with Crippen molar-refractivity contribution in [3.8, 4) is 12.3 Å². The van der Waals surface area contributed by atoms with Crippen LogP contribution >= 0.6 is 0 Å². The molecule has 0 bridgehead atoms. The van der Waals surface area contributed by atoms with Gasteiger partial charge in [0.05, 0.1) is 6.04 Å². The molecule has 0 saturated carbocycles. The Bertz CT molecular complexity index is 291. The quantitative estimate of drug-likeness (QED) is 0.451.